The van der Waals surface area contributed by atoms with E-state index in [9.17, 15) is 8.42 Å². The molecule has 0 radical (unpaired) electrons. The maximum atomic E-state index is 10.5. The minimum absolute atomic E-state index is 0.0747. The Labute approximate surface area is 73.1 Å². The summed E-state index contributed by atoms with van der Waals surface area (Å²) in [6, 6.07) is 0. The van der Waals surface area contributed by atoms with Crippen molar-refractivity contribution in [1.82, 2.24) is 5.32 Å². The van der Waals surface area contributed by atoms with Gasteiger partial charge in [-0.3, -0.25) is 4.55 Å². The number of rotatable bonds is 2. The van der Waals surface area contributed by atoms with Crippen LogP contribution >= 0.6 is 0 Å². The number of hydrogen-bond acceptors (Lipinski definition) is 3. The van der Waals surface area contributed by atoms with E-state index in [1.165, 1.54) is 0 Å². The highest BCUT2D eigenvalue weighted by atomic mass is 32.2. The van der Waals surface area contributed by atoms with E-state index in [0.717, 1.165) is 32.4 Å². The van der Waals surface area contributed by atoms with E-state index in [1.54, 1.807) is 0 Å². The van der Waals surface area contributed by atoms with Crippen LogP contribution in [-0.2, 0) is 10.1 Å². The summed E-state index contributed by atoms with van der Waals surface area (Å²) in [5, 5.41) is 3.19. The standard InChI is InChI=1S/C7H15NO3S/c9-12(10,11)6-7-2-1-4-8-5-3-7/h7-8H,1-6H2,(H,9,10,11). The molecular weight excluding hydrogens is 178 g/mol. The predicted molar refractivity (Wildman–Crippen MR) is 46.6 cm³/mol. The monoisotopic (exact) mass is 193 g/mol. The Morgan fingerprint density at radius 3 is 2.75 bits per heavy atom. The molecule has 0 amide bonds. The van der Waals surface area contributed by atoms with Crippen molar-refractivity contribution < 1.29 is 13.0 Å². The normalized spacial score (nSPS) is 26.6. The summed E-state index contributed by atoms with van der Waals surface area (Å²) >= 11 is 0. The molecule has 0 aromatic carbocycles. The molecule has 0 saturated carbocycles. The molecule has 5 heteroatoms. The van der Waals surface area contributed by atoms with Crippen molar-refractivity contribution in [2.24, 2.45) is 5.92 Å². The van der Waals surface area contributed by atoms with E-state index in [0.29, 0.717) is 0 Å². The summed E-state index contributed by atoms with van der Waals surface area (Å²) in [4.78, 5) is 0. The first-order valence-electron chi connectivity index (χ1n) is 4.24. The Morgan fingerprint density at radius 1 is 1.33 bits per heavy atom. The third-order valence-corrected chi connectivity index (χ3v) is 3.03. The molecule has 0 aromatic rings. The van der Waals surface area contributed by atoms with Gasteiger partial charge in [-0.1, -0.05) is 0 Å². The van der Waals surface area contributed by atoms with E-state index >= 15 is 0 Å². The zero-order chi connectivity index (χ0) is 9.03. The van der Waals surface area contributed by atoms with Crippen molar-refractivity contribution >= 4 is 10.1 Å². The molecule has 72 valence electrons. The van der Waals surface area contributed by atoms with E-state index in [-0.39, 0.29) is 11.7 Å². The SMILES string of the molecule is O=S(=O)(O)CC1CCCNCC1. The van der Waals surface area contributed by atoms with Crippen molar-refractivity contribution in [3.8, 4) is 0 Å². The summed E-state index contributed by atoms with van der Waals surface area (Å²) in [5.74, 6) is 0.0595. The van der Waals surface area contributed by atoms with Gasteiger partial charge in [0, 0.05) is 0 Å². The predicted octanol–water partition coefficient (Wildman–Crippen LogP) is 0.264. The second-order valence-corrected chi connectivity index (χ2v) is 4.79. The molecule has 0 aromatic heterocycles. The van der Waals surface area contributed by atoms with Gasteiger partial charge in [-0.25, -0.2) is 0 Å². The third kappa shape index (κ3) is 4.04. The second kappa shape index (κ2) is 4.20. The van der Waals surface area contributed by atoms with Gasteiger partial charge < -0.3 is 5.32 Å². The van der Waals surface area contributed by atoms with Crippen molar-refractivity contribution in [2.75, 3.05) is 18.8 Å². The van der Waals surface area contributed by atoms with Gasteiger partial charge in [0.15, 0.2) is 0 Å². The molecule has 0 bridgehead atoms. The van der Waals surface area contributed by atoms with Crippen LogP contribution in [0.1, 0.15) is 19.3 Å². The molecule has 1 heterocycles. The smallest absolute Gasteiger partial charge is 0.265 e. The molecule has 1 unspecified atom stereocenters. The van der Waals surface area contributed by atoms with Gasteiger partial charge in [0.25, 0.3) is 10.1 Å². The van der Waals surface area contributed by atoms with Crippen LogP contribution in [0.4, 0.5) is 0 Å². The molecule has 1 fully saturated rings. The van der Waals surface area contributed by atoms with E-state index in [2.05, 4.69) is 5.32 Å². The summed E-state index contributed by atoms with van der Waals surface area (Å²) in [7, 11) is -3.77. The van der Waals surface area contributed by atoms with E-state index < -0.39 is 10.1 Å². The molecule has 1 rings (SSSR count). The van der Waals surface area contributed by atoms with Crippen LogP contribution in [0.15, 0.2) is 0 Å². The minimum atomic E-state index is -3.77. The Kier molecular flexibility index (Phi) is 3.49. The average molecular weight is 193 g/mol. The lowest BCUT2D eigenvalue weighted by atomic mass is 10.0. The Bertz CT molecular complexity index is 217. The number of hydrogen-bond donors (Lipinski definition) is 2. The first-order chi connectivity index (χ1) is 5.58. The van der Waals surface area contributed by atoms with Gasteiger partial charge in [-0.15, -0.1) is 0 Å². The topological polar surface area (TPSA) is 66.4 Å². The van der Waals surface area contributed by atoms with Crippen LogP contribution in [0.25, 0.3) is 0 Å². The lowest BCUT2D eigenvalue weighted by molar-refractivity contribution is 0.449. The van der Waals surface area contributed by atoms with E-state index in [1.807, 2.05) is 0 Å². The van der Waals surface area contributed by atoms with Gasteiger partial charge in [0.05, 0.1) is 5.75 Å². The largest absolute Gasteiger partial charge is 0.317 e. The molecule has 0 spiro atoms. The molecule has 2 N–H and O–H groups in total. The van der Waals surface area contributed by atoms with Crippen LogP contribution in [0.2, 0.25) is 0 Å². The molecule has 1 saturated heterocycles. The number of nitrogens with one attached hydrogen (secondary N) is 1. The van der Waals surface area contributed by atoms with Crippen LogP contribution in [-0.4, -0.2) is 31.8 Å². The molecule has 4 nitrogen and oxygen atoms in total. The van der Waals surface area contributed by atoms with Crippen LogP contribution in [0.5, 0.6) is 0 Å². The summed E-state index contributed by atoms with van der Waals surface area (Å²) in [6.07, 6.45) is 2.74. The first kappa shape index (κ1) is 9.95. The zero-order valence-corrected chi connectivity index (χ0v) is 7.81. The third-order valence-electron chi connectivity index (χ3n) is 2.14. The van der Waals surface area contributed by atoms with Gasteiger partial charge in [-0.2, -0.15) is 8.42 Å². The highest BCUT2D eigenvalue weighted by molar-refractivity contribution is 7.85. The average Bonchev–Trinajstić information content (AvgIpc) is 2.12. The Hall–Kier alpha value is -0.130. The van der Waals surface area contributed by atoms with Gasteiger partial charge in [0.1, 0.15) is 0 Å². The van der Waals surface area contributed by atoms with Crippen LogP contribution < -0.4 is 5.32 Å². The summed E-state index contributed by atoms with van der Waals surface area (Å²) < 4.78 is 29.7. The minimum Gasteiger partial charge on any atom is -0.317 e. The van der Waals surface area contributed by atoms with Crippen molar-refractivity contribution in [1.29, 1.82) is 0 Å². The van der Waals surface area contributed by atoms with Crippen molar-refractivity contribution in [3.05, 3.63) is 0 Å². The fraction of sp³-hybridized carbons (Fsp3) is 1.00. The van der Waals surface area contributed by atoms with Crippen LogP contribution in [0, 0.1) is 5.92 Å². The lowest BCUT2D eigenvalue weighted by Gasteiger charge is -2.10. The van der Waals surface area contributed by atoms with Gasteiger partial charge in [0.2, 0.25) is 0 Å². The molecule has 1 aliphatic heterocycles. The Morgan fingerprint density at radius 2 is 2.08 bits per heavy atom. The second-order valence-electron chi connectivity index (χ2n) is 3.30. The molecule has 12 heavy (non-hydrogen) atoms. The highest BCUT2D eigenvalue weighted by Crippen LogP contribution is 2.14. The lowest BCUT2D eigenvalue weighted by Crippen LogP contribution is -2.17. The Balaban J connectivity index is 2.40. The quantitative estimate of drug-likeness (QED) is 0.617. The molecule has 1 atom stereocenters. The maximum Gasteiger partial charge on any atom is 0.265 e. The summed E-state index contributed by atoms with van der Waals surface area (Å²) in [6.45, 7) is 1.82. The van der Waals surface area contributed by atoms with Crippen molar-refractivity contribution in [2.45, 2.75) is 19.3 Å². The fourth-order valence-corrected chi connectivity index (χ4v) is 2.48. The zero-order valence-electron chi connectivity index (χ0n) is 6.99. The van der Waals surface area contributed by atoms with Crippen LogP contribution in [0.3, 0.4) is 0 Å². The maximum absolute atomic E-state index is 10.5. The first-order valence-corrected chi connectivity index (χ1v) is 5.85. The van der Waals surface area contributed by atoms with Gasteiger partial charge >= 0.3 is 0 Å². The summed E-state index contributed by atoms with van der Waals surface area (Å²) in [5.41, 5.74) is 0. The highest BCUT2D eigenvalue weighted by Gasteiger charge is 2.17. The molecular formula is C7H15NO3S. The van der Waals surface area contributed by atoms with E-state index in [4.69, 9.17) is 4.55 Å². The van der Waals surface area contributed by atoms with Crippen molar-refractivity contribution in [3.63, 3.8) is 0 Å². The van der Waals surface area contributed by atoms with Gasteiger partial charge in [-0.05, 0) is 38.3 Å². The molecule has 0 aliphatic carbocycles. The fourth-order valence-electron chi connectivity index (χ4n) is 1.56. The molecule has 1 aliphatic rings.